The van der Waals surface area contributed by atoms with E-state index in [1.807, 2.05) is 0 Å². The Kier molecular flexibility index (Phi) is 2.61. The second-order valence-corrected chi connectivity index (χ2v) is 5.18. The van der Waals surface area contributed by atoms with Crippen LogP contribution >= 0.6 is 0 Å². The van der Waals surface area contributed by atoms with Gasteiger partial charge in [0.05, 0.1) is 11.2 Å². The van der Waals surface area contributed by atoms with Crippen LogP contribution in [0.3, 0.4) is 0 Å². The topological polar surface area (TPSA) is 21.3 Å². The molecule has 1 unspecified atom stereocenters. The van der Waals surface area contributed by atoms with E-state index < -0.39 is 0 Å². The zero-order chi connectivity index (χ0) is 10.2. The maximum Gasteiger partial charge on any atom is 0.0814 e. The standard InChI is InChI=1S/C12H23NO/c1-4-12(5-2)9-13-8-11(3,14-12)10-6-7-10/h10,13H,4-9H2,1-3H3. The third-order valence-electron chi connectivity index (χ3n) is 4.10. The molecule has 1 N–H and O–H groups in total. The molecule has 1 atom stereocenters. The molecule has 1 saturated carbocycles. The van der Waals surface area contributed by atoms with E-state index in [9.17, 15) is 0 Å². The van der Waals surface area contributed by atoms with Crippen LogP contribution in [0.4, 0.5) is 0 Å². The number of rotatable bonds is 3. The fourth-order valence-electron chi connectivity index (χ4n) is 2.67. The predicted molar refractivity (Wildman–Crippen MR) is 58.4 cm³/mol. The van der Waals surface area contributed by atoms with Crippen molar-refractivity contribution in [1.29, 1.82) is 0 Å². The van der Waals surface area contributed by atoms with Gasteiger partial charge in [-0.05, 0) is 38.5 Å². The summed E-state index contributed by atoms with van der Waals surface area (Å²) in [5, 5.41) is 3.56. The number of morpholine rings is 1. The molecular weight excluding hydrogens is 174 g/mol. The highest BCUT2D eigenvalue weighted by molar-refractivity contribution is 5.01. The predicted octanol–water partition coefficient (Wildman–Crippen LogP) is 2.33. The zero-order valence-corrected chi connectivity index (χ0v) is 9.73. The molecule has 1 heterocycles. The van der Waals surface area contributed by atoms with E-state index in [-0.39, 0.29) is 11.2 Å². The third kappa shape index (κ3) is 1.70. The lowest BCUT2D eigenvalue weighted by Gasteiger charge is -2.47. The SMILES string of the molecule is CCC1(CC)CNCC(C)(C2CC2)O1. The van der Waals surface area contributed by atoms with Gasteiger partial charge in [-0.2, -0.15) is 0 Å². The maximum absolute atomic E-state index is 6.42. The lowest BCUT2D eigenvalue weighted by atomic mass is 9.89. The number of hydrogen-bond acceptors (Lipinski definition) is 2. The van der Waals surface area contributed by atoms with Crippen molar-refractivity contribution in [3.8, 4) is 0 Å². The Bertz CT molecular complexity index is 204. The second kappa shape index (κ2) is 3.49. The van der Waals surface area contributed by atoms with Gasteiger partial charge >= 0.3 is 0 Å². The summed E-state index contributed by atoms with van der Waals surface area (Å²) < 4.78 is 6.42. The maximum atomic E-state index is 6.42. The first-order valence-electron chi connectivity index (χ1n) is 6.05. The molecular formula is C12H23NO. The van der Waals surface area contributed by atoms with Gasteiger partial charge in [0.1, 0.15) is 0 Å². The van der Waals surface area contributed by atoms with Gasteiger partial charge in [0.25, 0.3) is 0 Å². The van der Waals surface area contributed by atoms with Crippen LogP contribution in [-0.4, -0.2) is 24.3 Å². The summed E-state index contributed by atoms with van der Waals surface area (Å²) in [7, 11) is 0. The highest BCUT2D eigenvalue weighted by Gasteiger charge is 2.49. The zero-order valence-electron chi connectivity index (χ0n) is 9.73. The van der Waals surface area contributed by atoms with E-state index in [0.717, 1.165) is 31.8 Å². The van der Waals surface area contributed by atoms with Gasteiger partial charge in [-0.15, -0.1) is 0 Å². The average Bonchev–Trinajstić information content (AvgIpc) is 3.01. The fraction of sp³-hybridized carbons (Fsp3) is 1.00. The highest BCUT2D eigenvalue weighted by Crippen LogP contribution is 2.45. The summed E-state index contributed by atoms with van der Waals surface area (Å²) in [6, 6.07) is 0. The van der Waals surface area contributed by atoms with Gasteiger partial charge in [0.15, 0.2) is 0 Å². The van der Waals surface area contributed by atoms with E-state index in [4.69, 9.17) is 4.74 Å². The quantitative estimate of drug-likeness (QED) is 0.750. The van der Waals surface area contributed by atoms with Crippen molar-refractivity contribution < 1.29 is 4.74 Å². The Morgan fingerprint density at radius 2 is 1.86 bits per heavy atom. The number of ether oxygens (including phenoxy) is 1. The van der Waals surface area contributed by atoms with E-state index in [1.54, 1.807) is 0 Å². The van der Waals surface area contributed by atoms with Crippen LogP contribution in [0.1, 0.15) is 46.5 Å². The minimum absolute atomic E-state index is 0.107. The van der Waals surface area contributed by atoms with Crippen LogP contribution in [0, 0.1) is 5.92 Å². The van der Waals surface area contributed by atoms with Crippen molar-refractivity contribution in [2.75, 3.05) is 13.1 Å². The molecule has 0 aromatic rings. The van der Waals surface area contributed by atoms with Gasteiger partial charge in [-0.1, -0.05) is 13.8 Å². The van der Waals surface area contributed by atoms with E-state index in [1.165, 1.54) is 12.8 Å². The van der Waals surface area contributed by atoms with Crippen molar-refractivity contribution >= 4 is 0 Å². The molecule has 0 aromatic carbocycles. The van der Waals surface area contributed by atoms with Crippen molar-refractivity contribution in [2.24, 2.45) is 5.92 Å². The van der Waals surface area contributed by atoms with Gasteiger partial charge in [-0.3, -0.25) is 0 Å². The molecule has 2 heteroatoms. The molecule has 0 aromatic heterocycles. The van der Waals surface area contributed by atoms with Crippen LogP contribution < -0.4 is 5.32 Å². The molecule has 14 heavy (non-hydrogen) atoms. The molecule has 1 saturated heterocycles. The Morgan fingerprint density at radius 1 is 1.21 bits per heavy atom. The first kappa shape index (κ1) is 10.4. The first-order valence-corrected chi connectivity index (χ1v) is 6.05. The lowest BCUT2D eigenvalue weighted by Crippen LogP contribution is -2.59. The van der Waals surface area contributed by atoms with Gasteiger partial charge in [0.2, 0.25) is 0 Å². The summed E-state index contributed by atoms with van der Waals surface area (Å²) in [6.45, 7) is 8.84. The summed E-state index contributed by atoms with van der Waals surface area (Å²) in [5.41, 5.74) is 0.222. The van der Waals surface area contributed by atoms with Crippen LogP contribution in [0.25, 0.3) is 0 Å². The van der Waals surface area contributed by atoms with E-state index in [0.29, 0.717) is 0 Å². The summed E-state index contributed by atoms with van der Waals surface area (Å²) in [5.74, 6) is 0.813. The molecule has 1 aliphatic heterocycles. The van der Waals surface area contributed by atoms with Crippen LogP contribution in [-0.2, 0) is 4.74 Å². The average molecular weight is 197 g/mol. The smallest absolute Gasteiger partial charge is 0.0814 e. The van der Waals surface area contributed by atoms with Gasteiger partial charge < -0.3 is 10.1 Å². The Labute approximate surface area is 87.4 Å². The number of nitrogens with one attached hydrogen (secondary N) is 1. The van der Waals surface area contributed by atoms with Crippen LogP contribution in [0.2, 0.25) is 0 Å². The van der Waals surface area contributed by atoms with Crippen LogP contribution in [0.5, 0.6) is 0 Å². The molecule has 0 spiro atoms. The summed E-state index contributed by atoms with van der Waals surface area (Å²) >= 11 is 0. The second-order valence-electron chi connectivity index (χ2n) is 5.18. The normalized spacial score (nSPS) is 37.1. The Hall–Kier alpha value is -0.0800. The number of hydrogen-bond donors (Lipinski definition) is 1. The van der Waals surface area contributed by atoms with Gasteiger partial charge in [0, 0.05) is 13.1 Å². The molecule has 1 aliphatic carbocycles. The fourth-order valence-corrected chi connectivity index (χ4v) is 2.67. The molecule has 82 valence electrons. The van der Waals surface area contributed by atoms with Crippen molar-refractivity contribution in [3.05, 3.63) is 0 Å². The van der Waals surface area contributed by atoms with Crippen molar-refractivity contribution in [2.45, 2.75) is 57.7 Å². The Morgan fingerprint density at radius 3 is 2.36 bits per heavy atom. The molecule has 2 aliphatic rings. The lowest BCUT2D eigenvalue weighted by molar-refractivity contribution is -0.182. The minimum atomic E-state index is 0.107. The first-order chi connectivity index (χ1) is 6.64. The van der Waals surface area contributed by atoms with Crippen LogP contribution in [0.15, 0.2) is 0 Å². The van der Waals surface area contributed by atoms with E-state index >= 15 is 0 Å². The Balaban J connectivity index is 2.08. The van der Waals surface area contributed by atoms with Gasteiger partial charge in [-0.25, -0.2) is 0 Å². The minimum Gasteiger partial charge on any atom is -0.366 e. The molecule has 0 radical (unpaired) electrons. The van der Waals surface area contributed by atoms with Crippen molar-refractivity contribution in [1.82, 2.24) is 5.32 Å². The molecule has 2 nitrogen and oxygen atoms in total. The molecule has 0 amide bonds. The molecule has 0 bridgehead atoms. The highest BCUT2D eigenvalue weighted by atomic mass is 16.5. The molecule has 2 rings (SSSR count). The van der Waals surface area contributed by atoms with Crippen molar-refractivity contribution in [3.63, 3.8) is 0 Å². The molecule has 2 fully saturated rings. The monoisotopic (exact) mass is 197 g/mol. The third-order valence-corrected chi connectivity index (χ3v) is 4.10. The largest absolute Gasteiger partial charge is 0.366 e. The summed E-state index contributed by atoms with van der Waals surface area (Å²) in [4.78, 5) is 0. The van der Waals surface area contributed by atoms with E-state index in [2.05, 4.69) is 26.1 Å². The summed E-state index contributed by atoms with van der Waals surface area (Å²) in [6.07, 6.45) is 4.97.